The smallest absolute Gasteiger partial charge is 0.118 e. The molecule has 2 rings (SSSR count). The van der Waals surface area contributed by atoms with Crippen molar-refractivity contribution in [2.75, 3.05) is 19.1 Å². The molecule has 106 valence electrons. The summed E-state index contributed by atoms with van der Waals surface area (Å²) in [5.74, 6) is 1.27. The van der Waals surface area contributed by atoms with Gasteiger partial charge >= 0.3 is 0 Å². The molecule has 0 N–H and O–H groups in total. The highest BCUT2D eigenvalue weighted by molar-refractivity contribution is 6.32. The molecule has 0 bridgehead atoms. The van der Waals surface area contributed by atoms with Gasteiger partial charge in [0.15, 0.2) is 0 Å². The van der Waals surface area contributed by atoms with E-state index in [-0.39, 0.29) is 0 Å². The van der Waals surface area contributed by atoms with E-state index >= 15 is 0 Å². The molecule has 0 aliphatic carbocycles. The summed E-state index contributed by atoms with van der Waals surface area (Å²) in [5, 5.41) is 0.707. The Labute approximate surface area is 129 Å². The van der Waals surface area contributed by atoms with E-state index in [0.29, 0.717) is 10.9 Å². The lowest BCUT2D eigenvalue weighted by molar-refractivity contribution is 0.414. The van der Waals surface area contributed by atoms with Crippen LogP contribution < -0.4 is 9.64 Å². The SMILES string of the molecule is COc1ccc(CN(C)c2cccc(Cl)c2CCl)cc1. The lowest BCUT2D eigenvalue weighted by Crippen LogP contribution is -2.17. The second-order valence-electron chi connectivity index (χ2n) is 4.58. The largest absolute Gasteiger partial charge is 0.497 e. The maximum atomic E-state index is 6.19. The topological polar surface area (TPSA) is 12.5 Å². The molecule has 0 heterocycles. The average Bonchev–Trinajstić information content (AvgIpc) is 2.47. The van der Waals surface area contributed by atoms with E-state index in [1.165, 1.54) is 5.56 Å². The van der Waals surface area contributed by atoms with E-state index < -0.39 is 0 Å². The van der Waals surface area contributed by atoms with Crippen LogP contribution in [0.15, 0.2) is 42.5 Å². The maximum Gasteiger partial charge on any atom is 0.118 e. The van der Waals surface area contributed by atoms with Crippen molar-refractivity contribution in [3.63, 3.8) is 0 Å². The van der Waals surface area contributed by atoms with Crippen molar-refractivity contribution in [2.24, 2.45) is 0 Å². The molecule has 20 heavy (non-hydrogen) atoms. The van der Waals surface area contributed by atoms with Crippen LogP contribution in [-0.4, -0.2) is 14.2 Å². The van der Waals surface area contributed by atoms with Crippen LogP contribution in [-0.2, 0) is 12.4 Å². The van der Waals surface area contributed by atoms with Gasteiger partial charge < -0.3 is 9.64 Å². The first-order valence-electron chi connectivity index (χ1n) is 6.33. The zero-order valence-corrected chi connectivity index (χ0v) is 13.1. The molecule has 0 aliphatic heterocycles. The number of halogens is 2. The van der Waals surface area contributed by atoms with E-state index in [9.17, 15) is 0 Å². The lowest BCUT2D eigenvalue weighted by atomic mass is 10.1. The van der Waals surface area contributed by atoms with Gasteiger partial charge in [-0.05, 0) is 29.8 Å². The first-order chi connectivity index (χ1) is 9.65. The quantitative estimate of drug-likeness (QED) is 0.741. The molecule has 0 radical (unpaired) electrons. The summed E-state index contributed by atoms with van der Waals surface area (Å²) in [6, 6.07) is 13.9. The van der Waals surface area contributed by atoms with Crippen molar-refractivity contribution in [1.29, 1.82) is 0 Å². The van der Waals surface area contributed by atoms with Gasteiger partial charge in [0.1, 0.15) is 5.75 Å². The van der Waals surface area contributed by atoms with Crippen LogP contribution in [0.5, 0.6) is 5.75 Å². The van der Waals surface area contributed by atoms with Crippen LogP contribution in [0.2, 0.25) is 5.02 Å². The van der Waals surface area contributed by atoms with Crippen molar-refractivity contribution in [1.82, 2.24) is 0 Å². The van der Waals surface area contributed by atoms with E-state index in [2.05, 4.69) is 17.0 Å². The van der Waals surface area contributed by atoms with Crippen LogP contribution in [0, 0.1) is 0 Å². The fraction of sp³-hybridized carbons (Fsp3) is 0.250. The zero-order valence-electron chi connectivity index (χ0n) is 11.6. The monoisotopic (exact) mass is 309 g/mol. The van der Waals surface area contributed by atoms with E-state index in [1.54, 1.807) is 7.11 Å². The number of benzene rings is 2. The summed E-state index contributed by atoms with van der Waals surface area (Å²) in [6.45, 7) is 0.786. The molecular weight excluding hydrogens is 293 g/mol. The van der Waals surface area contributed by atoms with E-state index in [0.717, 1.165) is 23.5 Å². The summed E-state index contributed by atoms with van der Waals surface area (Å²) >= 11 is 12.2. The molecule has 0 aromatic heterocycles. The number of hydrogen-bond donors (Lipinski definition) is 0. The second-order valence-corrected chi connectivity index (χ2v) is 5.25. The normalized spacial score (nSPS) is 10.4. The highest BCUT2D eigenvalue weighted by Crippen LogP contribution is 2.29. The number of anilines is 1. The molecule has 2 aromatic rings. The van der Waals surface area contributed by atoms with Gasteiger partial charge in [-0.25, -0.2) is 0 Å². The Morgan fingerprint density at radius 2 is 1.80 bits per heavy atom. The average molecular weight is 310 g/mol. The summed E-state index contributed by atoms with van der Waals surface area (Å²) in [4.78, 5) is 2.14. The van der Waals surface area contributed by atoms with Gasteiger partial charge in [-0.1, -0.05) is 29.8 Å². The molecule has 2 aromatic carbocycles. The molecule has 0 spiro atoms. The van der Waals surface area contributed by atoms with Crippen LogP contribution in [0.4, 0.5) is 5.69 Å². The lowest BCUT2D eigenvalue weighted by Gasteiger charge is -2.22. The Bertz CT molecular complexity index is 569. The van der Waals surface area contributed by atoms with Crippen molar-refractivity contribution in [2.45, 2.75) is 12.4 Å². The second kappa shape index (κ2) is 6.87. The molecule has 4 heteroatoms. The number of methoxy groups -OCH3 is 1. The van der Waals surface area contributed by atoms with Gasteiger partial charge in [0.05, 0.1) is 13.0 Å². The highest BCUT2D eigenvalue weighted by atomic mass is 35.5. The first-order valence-corrected chi connectivity index (χ1v) is 7.24. The molecule has 0 aliphatic rings. The van der Waals surface area contributed by atoms with Gasteiger partial charge in [0.25, 0.3) is 0 Å². The molecule has 0 saturated carbocycles. The summed E-state index contributed by atoms with van der Waals surface area (Å²) < 4.78 is 5.16. The molecule has 0 fully saturated rings. The fourth-order valence-corrected chi connectivity index (χ4v) is 2.71. The minimum absolute atomic E-state index is 0.405. The van der Waals surface area contributed by atoms with E-state index in [1.807, 2.05) is 37.4 Å². The van der Waals surface area contributed by atoms with Gasteiger partial charge in [-0.3, -0.25) is 0 Å². The molecular formula is C16H17Cl2NO. The molecule has 0 atom stereocenters. The Morgan fingerprint density at radius 1 is 1.10 bits per heavy atom. The third-order valence-electron chi connectivity index (χ3n) is 3.22. The number of rotatable bonds is 5. The third kappa shape index (κ3) is 3.38. The number of ether oxygens (including phenoxy) is 1. The minimum atomic E-state index is 0.405. The van der Waals surface area contributed by atoms with Crippen molar-refractivity contribution < 1.29 is 4.74 Å². The summed E-state index contributed by atoms with van der Waals surface area (Å²) in [6.07, 6.45) is 0. The molecule has 0 amide bonds. The Kier molecular flexibility index (Phi) is 5.16. The molecule has 0 unspecified atom stereocenters. The predicted molar refractivity (Wildman–Crippen MR) is 86.1 cm³/mol. The number of nitrogens with zero attached hydrogens (tertiary/aromatic N) is 1. The van der Waals surface area contributed by atoms with E-state index in [4.69, 9.17) is 27.9 Å². The summed E-state index contributed by atoms with van der Waals surface area (Å²) in [5.41, 5.74) is 3.23. The maximum absolute atomic E-state index is 6.19. The van der Waals surface area contributed by atoms with Gasteiger partial charge in [0.2, 0.25) is 0 Å². The Hall–Kier alpha value is -1.38. The van der Waals surface area contributed by atoms with Crippen LogP contribution in [0.25, 0.3) is 0 Å². The van der Waals surface area contributed by atoms with Gasteiger partial charge in [-0.2, -0.15) is 0 Å². The summed E-state index contributed by atoms with van der Waals surface area (Å²) in [7, 11) is 3.70. The molecule has 2 nitrogen and oxygen atoms in total. The molecule has 0 saturated heterocycles. The van der Waals surface area contributed by atoms with Gasteiger partial charge in [0, 0.05) is 29.9 Å². The standard InChI is InChI=1S/C16H17Cl2NO/c1-19(11-12-6-8-13(20-2)9-7-12)16-5-3-4-15(18)14(16)10-17/h3-9H,10-11H2,1-2H3. The van der Waals surface area contributed by atoms with Crippen LogP contribution in [0.3, 0.4) is 0 Å². The van der Waals surface area contributed by atoms with Crippen LogP contribution in [0.1, 0.15) is 11.1 Å². The van der Waals surface area contributed by atoms with Crippen LogP contribution >= 0.6 is 23.2 Å². The van der Waals surface area contributed by atoms with Crippen molar-refractivity contribution in [3.8, 4) is 5.75 Å². The predicted octanol–water partition coefficient (Wildman–Crippen LogP) is 4.72. The number of hydrogen-bond acceptors (Lipinski definition) is 2. The number of alkyl halides is 1. The third-order valence-corrected chi connectivity index (χ3v) is 3.84. The Balaban J connectivity index is 2.19. The minimum Gasteiger partial charge on any atom is -0.497 e. The fourth-order valence-electron chi connectivity index (χ4n) is 2.13. The zero-order chi connectivity index (χ0) is 14.5. The Morgan fingerprint density at radius 3 is 2.40 bits per heavy atom. The first kappa shape index (κ1) is 15.0. The van der Waals surface area contributed by atoms with Gasteiger partial charge in [-0.15, -0.1) is 11.6 Å². The van der Waals surface area contributed by atoms with Crippen molar-refractivity contribution >= 4 is 28.9 Å². The van der Waals surface area contributed by atoms with Crippen molar-refractivity contribution in [3.05, 3.63) is 58.6 Å². The highest BCUT2D eigenvalue weighted by Gasteiger charge is 2.10.